The molecule has 2 aliphatic heterocycles. The van der Waals surface area contributed by atoms with Gasteiger partial charge in [0.05, 0.1) is 5.01 Å². The monoisotopic (exact) mass is 372 g/mol. The van der Waals surface area contributed by atoms with Crippen LogP contribution in [0.1, 0.15) is 42.2 Å². The molecule has 0 saturated carbocycles. The first kappa shape index (κ1) is 17.3. The number of aromatic nitrogens is 1. The molecule has 4 rings (SSSR count). The number of hydrogen-bond acceptors (Lipinski definition) is 5. The van der Waals surface area contributed by atoms with Gasteiger partial charge in [0, 0.05) is 37.0 Å². The molecule has 26 heavy (non-hydrogen) atoms. The quantitative estimate of drug-likeness (QED) is 0.804. The summed E-state index contributed by atoms with van der Waals surface area (Å²) in [6.07, 6.45) is 6.29. The molecule has 0 radical (unpaired) electrons. The van der Waals surface area contributed by atoms with Crippen molar-refractivity contribution in [3.8, 4) is 11.5 Å². The Hall–Kier alpha value is -2.08. The summed E-state index contributed by atoms with van der Waals surface area (Å²) >= 11 is 1.73. The highest BCUT2D eigenvalue weighted by Gasteiger charge is 2.24. The number of aryl methyl sites for hydroxylation is 1. The van der Waals surface area contributed by atoms with Gasteiger partial charge >= 0.3 is 0 Å². The minimum Gasteiger partial charge on any atom is -0.486 e. The standard InChI is InChI=1S/C20H24N2O3S/c23-19(22-9-6-16(7-10-22)20-21-8-13-26-20)3-1-2-15-4-5-17-18(14-15)25-12-11-24-17/h4-5,8,13-14,16H,1-3,6-7,9-12H2. The van der Waals surface area contributed by atoms with Crippen LogP contribution in [0, 0.1) is 0 Å². The molecule has 5 nitrogen and oxygen atoms in total. The van der Waals surface area contributed by atoms with Gasteiger partial charge in [0.15, 0.2) is 11.5 Å². The largest absolute Gasteiger partial charge is 0.486 e. The Labute approximate surface area is 157 Å². The Kier molecular flexibility index (Phi) is 5.39. The fourth-order valence-corrected chi connectivity index (χ4v) is 4.47. The van der Waals surface area contributed by atoms with Crippen LogP contribution in [0.4, 0.5) is 0 Å². The number of fused-ring (bicyclic) bond motifs is 1. The molecule has 0 bridgehead atoms. The smallest absolute Gasteiger partial charge is 0.222 e. The predicted molar refractivity (Wildman–Crippen MR) is 101 cm³/mol. The number of amides is 1. The van der Waals surface area contributed by atoms with Crippen molar-refractivity contribution in [1.29, 1.82) is 0 Å². The molecule has 1 amide bonds. The summed E-state index contributed by atoms with van der Waals surface area (Å²) in [6, 6.07) is 6.07. The number of benzene rings is 1. The van der Waals surface area contributed by atoms with Gasteiger partial charge in [-0.25, -0.2) is 4.98 Å². The maximum atomic E-state index is 12.5. The van der Waals surface area contributed by atoms with Crippen molar-refractivity contribution >= 4 is 17.2 Å². The number of rotatable bonds is 5. The molecule has 138 valence electrons. The number of likely N-dealkylation sites (tertiary alicyclic amines) is 1. The SMILES string of the molecule is O=C(CCCc1ccc2c(c1)OCCO2)N1CCC(c2nccs2)CC1. The van der Waals surface area contributed by atoms with Gasteiger partial charge in [0.1, 0.15) is 13.2 Å². The van der Waals surface area contributed by atoms with Crippen LogP contribution in [0.5, 0.6) is 11.5 Å². The zero-order valence-corrected chi connectivity index (χ0v) is 15.7. The van der Waals surface area contributed by atoms with Gasteiger partial charge in [-0.2, -0.15) is 0 Å². The summed E-state index contributed by atoms with van der Waals surface area (Å²) < 4.78 is 11.2. The van der Waals surface area contributed by atoms with Crippen LogP contribution in [0.3, 0.4) is 0 Å². The van der Waals surface area contributed by atoms with Gasteiger partial charge in [-0.15, -0.1) is 11.3 Å². The lowest BCUT2D eigenvalue weighted by atomic mass is 9.97. The van der Waals surface area contributed by atoms with E-state index < -0.39 is 0 Å². The zero-order chi connectivity index (χ0) is 17.8. The first-order valence-corrected chi connectivity index (χ1v) is 10.2. The molecule has 0 spiro atoms. The number of thiazole rings is 1. The van der Waals surface area contributed by atoms with Gasteiger partial charge in [-0.3, -0.25) is 4.79 Å². The second-order valence-electron chi connectivity index (χ2n) is 6.86. The lowest BCUT2D eigenvalue weighted by Crippen LogP contribution is -2.37. The second-order valence-corrected chi connectivity index (χ2v) is 7.78. The van der Waals surface area contributed by atoms with Crippen LogP contribution in [-0.4, -0.2) is 42.1 Å². The molecular formula is C20H24N2O3S. The highest BCUT2D eigenvalue weighted by molar-refractivity contribution is 7.09. The van der Waals surface area contributed by atoms with E-state index >= 15 is 0 Å². The van der Waals surface area contributed by atoms with E-state index in [9.17, 15) is 4.79 Å². The zero-order valence-electron chi connectivity index (χ0n) is 14.9. The van der Waals surface area contributed by atoms with Gasteiger partial charge in [0.2, 0.25) is 5.91 Å². The third-order valence-corrected chi connectivity index (χ3v) is 6.05. The number of carbonyl (C=O) groups is 1. The predicted octanol–water partition coefficient (Wildman–Crippen LogP) is 3.64. The van der Waals surface area contributed by atoms with Crippen LogP contribution >= 0.6 is 11.3 Å². The maximum absolute atomic E-state index is 12.5. The minimum atomic E-state index is 0.278. The molecule has 1 fully saturated rings. The van der Waals surface area contributed by atoms with E-state index in [-0.39, 0.29) is 5.91 Å². The van der Waals surface area contributed by atoms with Crippen LogP contribution in [0.25, 0.3) is 0 Å². The van der Waals surface area contributed by atoms with Gasteiger partial charge in [-0.05, 0) is 43.4 Å². The first-order chi connectivity index (χ1) is 12.8. The Morgan fingerprint density at radius 3 is 2.77 bits per heavy atom. The van der Waals surface area contributed by atoms with Crippen molar-refractivity contribution in [2.45, 2.75) is 38.0 Å². The molecule has 0 atom stereocenters. The van der Waals surface area contributed by atoms with E-state index in [0.29, 0.717) is 25.6 Å². The minimum absolute atomic E-state index is 0.278. The van der Waals surface area contributed by atoms with Crippen molar-refractivity contribution in [1.82, 2.24) is 9.88 Å². The molecule has 2 aliphatic rings. The third-order valence-electron chi connectivity index (χ3n) is 5.11. The number of piperidine rings is 1. The summed E-state index contributed by atoms with van der Waals surface area (Å²) in [5.41, 5.74) is 1.20. The Bertz CT molecular complexity index is 740. The Balaban J connectivity index is 1.22. The van der Waals surface area contributed by atoms with E-state index in [1.165, 1.54) is 10.6 Å². The van der Waals surface area contributed by atoms with Crippen LogP contribution < -0.4 is 9.47 Å². The molecule has 1 aromatic heterocycles. The normalized spacial score (nSPS) is 17.3. The van der Waals surface area contributed by atoms with Gasteiger partial charge in [0.25, 0.3) is 0 Å². The summed E-state index contributed by atoms with van der Waals surface area (Å²) in [4.78, 5) is 18.9. The van der Waals surface area contributed by atoms with Crippen molar-refractivity contribution < 1.29 is 14.3 Å². The van der Waals surface area contributed by atoms with Crippen molar-refractivity contribution in [3.05, 3.63) is 40.3 Å². The number of hydrogen-bond donors (Lipinski definition) is 0. The van der Waals surface area contributed by atoms with Crippen LogP contribution in [0.2, 0.25) is 0 Å². The summed E-state index contributed by atoms with van der Waals surface area (Å²) in [7, 11) is 0. The molecule has 0 aliphatic carbocycles. The summed E-state index contributed by atoms with van der Waals surface area (Å²) in [5, 5.41) is 3.25. The lowest BCUT2D eigenvalue weighted by molar-refractivity contribution is -0.132. The molecule has 1 aromatic carbocycles. The van der Waals surface area contributed by atoms with Crippen molar-refractivity contribution in [3.63, 3.8) is 0 Å². The topological polar surface area (TPSA) is 51.7 Å². The fourth-order valence-electron chi connectivity index (χ4n) is 3.66. The lowest BCUT2D eigenvalue weighted by Gasteiger charge is -2.31. The molecule has 2 aromatic rings. The number of ether oxygens (including phenoxy) is 2. The molecular weight excluding hydrogens is 348 g/mol. The molecule has 1 saturated heterocycles. The Morgan fingerprint density at radius 1 is 1.19 bits per heavy atom. The van der Waals surface area contributed by atoms with Crippen molar-refractivity contribution in [2.75, 3.05) is 26.3 Å². The highest BCUT2D eigenvalue weighted by atomic mass is 32.1. The first-order valence-electron chi connectivity index (χ1n) is 9.35. The van der Waals surface area contributed by atoms with E-state index in [1.807, 2.05) is 28.6 Å². The third kappa shape index (κ3) is 4.01. The maximum Gasteiger partial charge on any atom is 0.222 e. The fraction of sp³-hybridized carbons (Fsp3) is 0.500. The van der Waals surface area contributed by atoms with Gasteiger partial charge < -0.3 is 14.4 Å². The van der Waals surface area contributed by atoms with E-state index in [4.69, 9.17) is 9.47 Å². The van der Waals surface area contributed by atoms with E-state index in [2.05, 4.69) is 11.1 Å². The Morgan fingerprint density at radius 2 is 2.00 bits per heavy atom. The van der Waals surface area contributed by atoms with Crippen LogP contribution in [-0.2, 0) is 11.2 Å². The molecule has 0 N–H and O–H groups in total. The van der Waals surface area contributed by atoms with E-state index in [0.717, 1.165) is 50.3 Å². The summed E-state index contributed by atoms with van der Waals surface area (Å²) in [5.74, 6) is 2.44. The molecule has 6 heteroatoms. The highest BCUT2D eigenvalue weighted by Crippen LogP contribution is 2.32. The molecule has 0 unspecified atom stereocenters. The van der Waals surface area contributed by atoms with Crippen LogP contribution in [0.15, 0.2) is 29.8 Å². The molecule has 3 heterocycles. The summed E-state index contributed by atoms with van der Waals surface area (Å²) in [6.45, 7) is 2.92. The number of carbonyl (C=O) groups excluding carboxylic acids is 1. The average molecular weight is 372 g/mol. The average Bonchev–Trinajstić information content (AvgIpc) is 3.23. The number of nitrogens with zero attached hydrogens (tertiary/aromatic N) is 2. The second kappa shape index (κ2) is 8.08. The van der Waals surface area contributed by atoms with Crippen molar-refractivity contribution in [2.24, 2.45) is 0 Å². The van der Waals surface area contributed by atoms with E-state index in [1.54, 1.807) is 11.3 Å². The van der Waals surface area contributed by atoms with Gasteiger partial charge in [-0.1, -0.05) is 6.07 Å².